The third-order valence-electron chi connectivity index (χ3n) is 2.00. The third-order valence-corrected chi connectivity index (χ3v) is 3.03. The molecule has 0 bridgehead atoms. The van der Waals surface area contributed by atoms with Gasteiger partial charge >= 0.3 is 0 Å². The summed E-state index contributed by atoms with van der Waals surface area (Å²) in [5.41, 5.74) is 1.93. The molecule has 0 saturated carbocycles. The van der Waals surface area contributed by atoms with Crippen molar-refractivity contribution in [3.05, 3.63) is 51.4 Å². The molecule has 0 aliphatic rings. The molecule has 1 heterocycles. The molecule has 1 N–H and O–H groups in total. The molecule has 1 aromatic carbocycles. The minimum Gasteiger partial charge on any atom is -0.381 e. The van der Waals surface area contributed by atoms with E-state index in [1.807, 2.05) is 11.4 Å². The van der Waals surface area contributed by atoms with Crippen LogP contribution in [0.1, 0.15) is 5.56 Å². The Labute approximate surface area is 96.5 Å². The molecule has 0 atom stereocenters. The lowest BCUT2D eigenvalue weighted by molar-refractivity contribution is 0.628. The average Bonchev–Trinajstić information content (AvgIpc) is 2.73. The number of anilines is 1. The second-order valence-electron chi connectivity index (χ2n) is 3.11. The molecule has 4 heteroatoms. The molecular formula is C11H9ClFNS. The molecule has 0 aliphatic heterocycles. The van der Waals surface area contributed by atoms with E-state index in [-0.39, 0.29) is 5.02 Å². The summed E-state index contributed by atoms with van der Waals surface area (Å²) in [7, 11) is 0. The fourth-order valence-corrected chi connectivity index (χ4v) is 1.99. The number of hydrogen-bond acceptors (Lipinski definition) is 2. The Morgan fingerprint density at radius 3 is 2.87 bits per heavy atom. The van der Waals surface area contributed by atoms with Crippen molar-refractivity contribution in [2.24, 2.45) is 0 Å². The van der Waals surface area contributed by atoms with Crippen molar-refractivity contribution >= 4 is 28.6 Å². The first-order chi connectivity index (χ1) is 7.25. The second kappa shape index (κ2) is 4.64. The molecule has 0 fully saturated rings. The Morgan fingerprint density at radius 1 is 1.33 bits per heavy atom. The molecular weight excluding hydrogens is 233 g/mol. The first-order valence-corrected chi connectivity index (χ1v) is 5.78. The Bertz CT molecular complexity index is 442. The fraction of sp³-hybridized carbons (Fsp3) is 0.0909. The molecule has 0 radical (unpaired) electrons. The highest BCUT2D eigenvalue weighted by molar-refractivity contribution is 7.07. The van der Waals surface area contributed by atoms with Gasteiger partial charge in [-0.3, -0.25) is 0 Å². The van der Waals surface area contributed by atoms with Gasteiger partial charge in [0, 0.05) is 12.2 Å². The van der Waals surface area contributed by atoms with Gasteiger partial charge in [0.15, 0.2) is 0 Å². The Morgan fingerprint density at radius 2 is 2.20 bits per heavy atom. The van der Waals surface area contributed by atoms with Crippen LogP contribution in [0.25, 0.3) is 0 Å². The van der Waals surface area contributed by atoms with Gasteiger partial charge in [0.25, 0.3) is 0 Å². The molecule has 78 valence electrons. The highest BCUT2D eigenvalue weighted by Gasteiger charge is 2.00. The van der Waals surface area contributed by atoms with Gasteiger partial charge in [0.05, 0.1) is 5.02 Å². The summed E-state index contributed by atoms with van der Waals surface area (Å²) in [6.07, 6.45) is 0. The van der Waals surface area contributed by atoms with E-state index in [2.05, 4.69) is 10.7 Å². The summed E-state index contributed by atoms with van der Waals surface area (Å²) in [6, 6.07) is 6.74. The number of halogens is 2. The van der Waals surface area contributed by atoms with Crippen LogP contribution in [-0.4, -0.2) is 0 Å². The number of thiophene rings is 1. The van der Waals surface area contributed by atoms with Crippen molar-refractivity contribution in [2.45, 2.75) is 6.54 Å². The van der Waals surface area contributed by atoms with Crippen molar-refractivity contribution in [2.75, 3.05) is 5.32 Å². The summed E-state index contributed by atoms with van der Waals surface area (Å²) >= 11 is 7.22. The lowest BCUT2D eigenvalue weighted by atomic mass is 10.3. The van der Waals surface area contributed by atoms with E-state index in [9.17, 15) is 4.39 Å². The Hall–Kier alpha value is -1.06. The van der Waals surface area contributed by atoms with Crippen LogP contribution in [0.4, 0.5) is 10.1 Å². The predicted octanol–water partition coefficient (Wildman–Crippen LogP) is 4.15. The first kappa shape index (κ1) is 10.5. The van der Waals surface area contributed by atoms with Gasteiger partial charge in [-0.1, -0.05) is 11.6 Å². The van der Waals surface area contributed by atoms with Gasteiger partial charge < -0.3 is 5.32 Å². The molecule has 2 rings (SSSR count). The van der Waals surface area contributed by atoms with Gasteiger partial charge in [-0.25, -0.2) is 4.39 Å². The summed E-state index contributed by atoms with van der Waals surface area (Å²) in [6.45, 7) is 0.699. The summed E-state index contributed by atoms with van der Waals surface area (Å²) in [4.78, 5) is 0. The van der Waals surface area contributed by atoms with Gasteiger partial charge in [-0.2, -0.15) is 11.3 Å². The van der Waals surface area contributed by atoms with Gasteiger partial charge in [0.2, 0.25) is 0 Å². The van der Waals surface area contributed by atoms with Crippen LogP contribution in [-0.2, 0) is 6.54 Å². The zero-order chi connectivity index (χ0) is 10.7. The van der Waals surface area contributed by atoms with Crippen LogP contribution in [0, 0.1) is 5.82 Å². The highest BCUT2D eigenvalue weighted by Crippen LogP contribution is 2.19. The normalized spacial score (nSPS) is 10.3. The minimum atomic E-state index is -0.396. The van der Waals surface area contributed by atoms with E-state index < -0.39 is 5.82 Å². The molecule has 0 amide bonds. The maximum atomic E-state index is 13.1. The van der Waals surface area contributed by atoms with Crippen molar-refractivity contribution in [3.8, 4) is 0 Å². The quantitative estimate of drug-likeness (QED) is 0.851. The standard InChI is InChI=1S/C11H9ClFNS/c12-10-2-1-9(5-11(10)13)14-6-8-3-4-15-7-8/h1-5,7,14H,6H2. The maximum absolute atomic E-state index is 13.1. The lowest BCUT2D eigenvalue weighted by Crippen LogP contribution is -1.98. The van der Waals surface area contributed by atoms with Crippen LogP contribution in [0.5, 0.6) is 0 Å². The zero-order valence-electron chi connectivity index (χ0n) is 7.84. The Balaban J connectivity index is 2.02. The van der Waals surface area contributed by atoms with E-state index in [0.29, 0.717) is 6.54 Å². The number of rotatable bonds is 3. The van der Waals surface area contributed by atoms with Crippen LogP contribution in [0.15, 0.2) is 35.0 Å². The Kier molecular flexibility index (Phi) is 3.23. The highest BCUT2D eigenvalue weighted by atomic mass is 35.5. The molecule has 0 saturated heterocycles. The van der Waals surface area contributed by atoms with E-state index in [1.54, 1.807) is 23.5 Å². The van der Waals surface area contributed by atoms with Crippen LogP contribution < -0.4 is 5.32 Å². The monoisotopic (exact) mass is 241 g/mol. The molecule has 0 spiro atoms. The van der Waals surface area contributed by atoms with E-state index in [0.717, 1.165) is 5.69 Å². The molecule has 1 nitrogen and oxygen atoms in total. The third kappa shape index (κ3) is 2.70. The molecule has 1 aromatic heterocycles. The molecule has 2 aromatic rings. The van der Waals surface area contributed by atoms with E-state index in [1.165, 1.54) is 11.6 Å². The van der Waals surface area contributed by atoms with Gasteiger partial charge in [-0.15, -0.1) is 0 Å². The second-order valence-corrected chi connectivity index (χ2v) is 4.30. The molecule has 15 heavy (non-hydrogen) atoms. The smallest absolute Gasteiger partial charge is 0.143 e. The zero-order valence-corrected chi connectivity index (χ0v) is 9.41. The topological polar surface area (TPSA) is 12.0 Å². The maximum Gasteiger partial charge on any atom is 0.143 e. The molecule has 0 aliphatic carbocycles. The predicted molar refractivity (Wildman–Crippen MR) is 63.1 cm³/mol. The van der Waals surface area contributed by atoms with Crippen LogP contribution in [0.2, 0.25) is 5.02 Å². The number of hydrogen-bond donors (Lipinski definition) is 1. The van der Waals surface area contributed by atoms with Crippen LogP contribution in [0.3, 0.4) is 0 Å². The fourth-order valence-electron chi connectivity index (χ4n) is 1.20. The van der Waals surface area contributed by atoms with Crippen molar-refractivity contribution < 1.29 is 4.39 Å². The minimum absolute atomic E-state index is 0.149. The molecule has 0 unspecified atom stereocenters. The largest absolute Gasteiger partial charge is 0.381 e. The van der Waals surface area contributed by atoms with Crippen molar-refractivity contribution in [3.63, 3.8) is 0 Å². The van der Waals surface area contributed by atoms with E-state index in [4.69, 9.17) is 11.6 Å². The van der Waals surface area contributed by atoms with E-state index >= 15 is 0 Å². The van der Waals surface area contributed by atoms with Gasteiger partial charge in [-0.05, 0) is 40.6 Å². The van der Waals surface area contributed by atoms with Gasteiger partial charge in [0.1, 0.15) is 5.82 Å². The van der Waals surface area contributed by atoms with Crippen molar-refractivity contribution in [1.82, 2.24) is 0 Å². The van der Waals surface area contributed by atoms with Crippen molar-refractivity contribution in [1.29, 1.82) is 0 Å². The average molecular weight is 242 g/mol. The summed E-state index contributed by atoms with van der Waals surface area (Å²) in [5, 5.41) is 7.34. The first-order valence-electron chi connectivity index (χ1n) is 4.46. The number of benzene rings is 1. The lowest BCUT2D eigenvalue weighted by Gasteiger charge is -2.05. The summed E-state index contributed by atoms with van der Waals surface area (Å²) in [5.74, 6) is -0.396. The van der Waals surface area contributed by atoms with Crippen LogP contribution >= 0.6 is 22.9 Å². The number of nitrogens with one attached hydrogen (secondary N) is 1. The summed E-state index contributed by atoms with van der Waals surface area (Å²) < 4.78 is 13.1. The SMILES string of the molecule is Fc1cc(NCc2ccsc2)ccc1Cl.